The average Bonchev–Trinajstić information content (AvgIpc) is 3.06. The van der Waals surface area contributed by atoms with Gasteiger partial charge in [0.15, 0.2) is 11.4 Å². The van der Waals surface area contributed by atoms with E-state index in [0.717, 1.165) is 28.1 Å². The van der Waals surface area contributed by atoms with Crippen LogP contribution in [0.2, 0.25) is 0 Å². The van der Waals surface area contributed by atoms with Crippen molar-refractivity contribution in [3.63, 3.8) is 0 Å². The summed E-state index contributed by atoms with van der Waals surface area (Å²) in [4.78, 5) is 21.6. The second-order valence-electron chi connectivity index (χ2n) is 5.88. The van der Waals surface area contributed by atoms with Crippen molar-refractivity contribution in [2.45, 2.75) is 18.6 Å². The molecule has 1 unspecified atom stereocenters. The van der Waals surface area contributed by atoms with Gasteiger partial charge in [0.2, 0.25) is 0 Å². The summed E-state index contributed by atoms with van der Waals surface area (Å²) in [6.45, 7) is 0.930. The molecule has 108 valence electrons. The Morgan fingerprint density at radius 1 is 1.18 bits per heavy atom. The number of hydrogen-bond donors (Lipinski definition) is 0. The number of rotatable bonds is 0. The Labute approximate surface area is 126 Å². The van der Waals surface area contributed by atoms with Gasteiger partial charge in [-0.2, -0.15) is 0 Å². The van der Waals surface area contributed by atoms with Crippen LogP contribution in [0.4, 0.5) is 0 Å². The zero-order valence-corrected chi connectivity index (χ0v) is 11.8. The topological polar surface area (TPSA) is 57.0 Å². The molecule has 0 radical (unpaired) electrons. The summed E-state index contributed by atoms with van der Waals surface area (Å²) < 4.78 is 7.93. The summed E-state index contributed by atoms with van der Waals surface area (Å²) in [6.07, 6.45) is 2.17. The van der Waals surface area contributed by atoms with Crippen molar-refractivity contribution < 1.29 is 9.53 Å². The van der Waals surface area contributed by atoms with Crippen LogP contribution in [0.3, 0.4) is 0 Å². The van der Waals surface area contributed by atoms with Gasteiger partial charge < -0.3 is 4.74 Å². The van der Waals surface area contributed by atoms with E-state index >= 15 is 0 Å². The number of aromatic nitrogens is 3. The predicted molar refractivity (Wildman–Crippen MR) is 79.6 cm³/mol. The van der Waals surface area contributed by atoms with E-state index in [1.165, 1.54) is 0 Å². The fraction of sp³-hybridized carbons (Fsp3) is 0.235. The van der Waals surface area contributed by atoms with E-state index in [9.17, 15) is 4.79 Å². The standard InChI is InChI=1S/C17H13N3O2/c21-14-8-17(12-5-2-1-4-11(12)14)10-22-9-15-19-13-6-3-7-18-16(13)20(15)17/h1-7H,8-10H2. The third-order valence-corrected chi connectivity index (χ3v) is 4.67. The minimum absolute atomic E-state index is 0.157. The van der Waals surface area contributed by atoms with Crippen LogP contribution >= 0.6 is 0 Å². The van der Waals surface area contributed by atoms with Crippen LogP contribution in [0.1, 0.15) is 28.2 Å². The number of nitrogens with zero attached hydrogens (tertiary/aromatic N) is 3. The Bertz CT molecular complexity index is 931. The Balaban J connectivity index is 1.88. The number of hydrogen-bond acceptors (Lipinski definition) is 4. The number of fused-ring (bicyclic) bond motifs is 6. The molecule has 3 heterocycles. The Kier molecular flexibility index (Phi) is 2.20. The SMILES string of the molecule is O=C1CC2(COCc3nc4cccnc4n32)c2ccccc21. The Morgan fingerprint density at radius 2 is 2.09 bits per heavy atom. The van der Waals surface area contributed by atoms with Gasteiger partial charge in [0.25, 0.3) is 0 Å². The predicted octanol–water partition coefficient (Wildman–Crippen LogP) is 2.29. The lowest BCUT2D eigenvalue weighted by Crippen LogP contribution is -2.42. The van der Waals surface area contributed by atoms with Gasteiger partial charge in [-0.05, 0) is 17.7 Å². The van der Waals surface area contributed by atoms with Gasteiger partial charge in [-0.3, -0.25) is 9.36 Å². The second kappa shape index (κ2) is 4.01. The largest absolute Gasteiger partial charge is 0.371 e. The van der Waals surface area contributed by atoms with E-state index in [0.29, 0.717) is 19.6 Å². The highest BCUT2D eigenvalue weighted by Crippen LogP contribution is 2.44. The van der Waals surface area contributed by atoms with E-state index in [-0.39, 0.29) is 5.78 Å². The number of Topliss-reactive ketones (excluding diaryl/α,β-unsaturated/α-hetero) is 1. The van der Waals surface area contributed by atoms with Crippen molar-refractivity contribution in [2.24, 2.45) is 0 Å². The average molecular weight is 291 g/mol. The molecule has 0 saturated heterocycles. The summed E-state index contributed by atoms with van der Waals surface area (Å²) >= 11 is 0. The minimum atomic E-state index is -0.510. The maximum Gasteiger partial charge on any atom is 0.166 e. The van der Waals surface area contributed by atoms with Crippen LogP contribution in [-0.2, 0) is 16.9 Å². The molecule has 1 atom stereocenters. The highest BCUT2D eigenvalue weighted by Gasteiger charge is 2.48. The first-order valence-corrected chi connectivity index (χ1v) is 7.33. The van der Waals surface area contributed by atoms with Gasteiger partial charge in [0.1, 0.15) is 23.5 Å². The maximum absolute atomic E-state index is 12.5. The highest BCUT2D eigenvalue weighted by atomic mass is 16.5. The van der Waals surface area contributed by atoms with Gasteiger partial charge in [0, 0.05) is 18.2 Å². The third kappa shape index (κ3) is 1.34. The molecule has 1 aliphatic carbocycles. The molecule has 5 rings (SSSR count). The van der Waals surface area contributed by atoms with Crippen molar-refractivity contribution in [2.75, 3.05) is 6.61 Å². The lowest BCUT2D eigenvalue weighted by Gasteiger charge is -2.36. The Morgan fingerprint density at radius 3 is 3.05 bits per heavy atom. The van der Waals surface area contributed by atoms with Crippen molar-refractivity contribution in [1.82, 2.24) is 14.5 Å². The number of imidazole rings is 1. The van der Waals surface area contributed by atoms with Gasteiger partial charge in [-0.25, -0.2) is 9.97 Å². The summed E-state index contributed by atoms with van der Waals surface area (Å²) in [7, 11) is 0. The number of ether oxygens (including phenoxy) is 1. The summed E-state index contributed by atoms with van der Waals surface area (Å²) in [6, 6.07) is 11.6. The van der Waals surface area contributed by atoms with Crippen LogP contribution in [0.25, 0.3) is 11.2 Å². The van der Waals surface area contributed by atoms with Crippen molar-refractivity contribution in [1.29, 1.82) is 0 Å². The van der Waals surface area contributed by atoms with Crippen molar-refractivity contribution >= 4 is 16.9 Å². The molecule has 2 aliphatic rings. The van der Waals surface area contributed by atoms with Crippen molar-refractivity contribution in [3.05, 3.63) is 59.5 Å². The lowest BCUT2D eigenvalue weighted by atomic mass is 9.91. The van der Waals surface area contributed by atoms with E-state index < -0.39 is 5.54 Å². The zero-order chi connectivity index (χ0) is 14.7. The van der Waals surface area contributed by atoms with Gasteiger partial charge in [-0.15, -0.1) is 0 Å². The molecule has 2 aromatic heterocycles. The second-order valence-corrected chi connectivity index (χ2v) is 5.88. The molecule has 1 aliphatic heterocycles. The molecule has 5 nitrogen and oxygen atoms in total. The molecule has 3 aromatic rings. The van der Waals surface area contributed by atoms with Crippen LogP contribution in [0.5, 0.6) is 0 Å². The molecule has 1 aromatic carbocycles. The first-order valence-electron chi connectivity index (χ1n) is 7.33. The molecule has 0 fully saturated rings. The smallest absolute Gasteiger partial charge is 0.166 e. The van der Waals surface area contributed by atoms with Crippen molar-refractivity contribution in [3.8, 4) is 0 Å². The van der Waals surface area contributed by atoms with E-state index in [4.69, 9.17) is 4.74 Å². The Hall–Kier alpha value is -2.53. The lowest BCUT2D eigenvalue weighted by molar-refractivity contribution is 0.0225. The van der Waals surface area contributed by atoms with Crippen LogP contribution in [0, 0.1) is 0 Å². The van der Waals surface area contributed by atoms with E-state index in [2.05, 4.69) is 14.5 Å². The van der Waals surface area contributed by atoms with E-state index in [1.54, 1.807) is 6.20 Å². The molecule has 1 spiro atoms. The molecule has 0 N–H and O–H groups in total. The quantitative estimate of drug-likeness (QED) is 0.637. The normalized spacial score (nSPS) is 23.0. The molecular formula is C17H13N3O2. The van der Waals surface area contributed by atoms with Gasteiger partial charge >= 0.3 is 0 Å². The third-order valence-electron chi connectivity index (χ3n) is 4.67. The highest BCUT2D eigenvalue weighted by molar-refractivity contribution is 6.02. The zero-order valence-electron chi connectivity index (χ0n) is 11.8. The van der Waals surface area contributed by atoms with Crippen LogP contribution in [-0.4, -0.2) is 26.9 Å². The van der Waals surface area contributed by atoms with Crippen LogP contribution in [0.15, 0.2) is 42.6 Å². The minimum Gasteiger partial charge on any atom is -0.371 e. The number of pyridine rings is 1. The molecule has 0 saturated carbocycles. The fourth-order valence-electron chi connectivity index (χ4n) is 3.80. The molecule has 5 heteroatoms. The summed E-state index contributed by atoms with van der Waals surface area (Å²) in [5, 5.41) is 0. The molecule has 0 amide bonds. The summed E-state index contributed by atoms with van der Waals surface area (Å²) in [5.74, 6) is 0.995. The molecular weight excluding hydrogens is 278 g/mol. The first-order chi connectivity index (χ1) is 10.8. The van der Waals surface area contributed by atoms with Crippen LogP contribution < -0.4 is 0 Å². The monoisotopic (exact) mass is 291 g/mol. The fourth-order valence-corrected chi connectivity index (χ4v) is 3.80. The van der Waals surface area contributed by atoms with E-state index in [1.807, 2.05) is 36.4 Å². The first kappa shape index (κ1) is 12.1. The maximum atomic E-state index is 12.5. The van der Waals surface area contributed by atoms with Gasteiger partial charge in [-0.1, -0.05) is 24.3 Å². The molecule has 22 heavy (non-hydrogen) atoms. The number of benzene rings is 1. The summed E-state index contributed by atoms with van der Waals surface area (Å²) in [5.41, 5.74) is 2.97. The number of carbonyl (C=O) groups is 1. The number of ketones is 1. The van der Waals surface area contributed by atoms with Gasteiger partial charge in [0.05, 0.1) is 6.61 Å². The number of carbonyl (C=O) groups excluding carboxylic acids is 1. The molecule has 0 bridgehead atoms.